The minimum atomic E-state index is -0.254. The maximum atomic E-state index is 6.62. The number of alkyl halides is 1. The molecule has 2 rings (SSSR count). The van der Waals surface area contributed by atoms with Crippen molar-refractivity contribution < 1.29 is 0 Å². The molecule has 0 saturated heterocycles. The number of halogens is 4. The molecule has 19 heavy (non-hydrogen) atoms. The quantitative estimate of drug-likeness (QED) is 0.341. The molecule has 2 aromatic rings. The van der Waals surface area contributed by atoms with E-state index in [9.17, 15) is 0 Å². The van der Waals surface area contributed by atoms with Crippen molar-refractivity contribution in [3.8, 4) is 0 Å². The van der Waals surface area contributed by atoms with E-state index in [1.54, 1.807) is 0 Å². The Balaban J connectivity index is 2.52. The molecule has 0 nitrogen and oxygen atoms in total. The molecule has 100 valence electrons. The molecule has 0 aliphatic rings. The Hall–Kier alpha value is 0.230. The zero-order valence-corrected chi connectivity index (χ0v) is 15.7. The van der Waals surface area contributed by atoms with E-state index in [4.69, 9.17) is 23.2 Å². The van der Waals surface area contributed by atoms with Crippen molar-refractivity contribution in [1.82, 2.24) is 0 Å². The van der Waals surface area contributed by atoms with Crippen molar-refractivity contribution >= 4 is 61.7 Å². The molecule has 1 atom stereocenters. The van der Waals surface area contributed by atoms with Crippen LogP contribution in [0.2, 0.25) is 5.02 Å². The van der Waals surface area contributed by atoms with E-state index in [2.05, 4.69) is 64.5 Å². The first-order chi connectivity index (χ1) is 8.90. The maximum Gasteiger partial charge on any atom is 0.0861 e. The number of rotatable bonds is 2. The summed E-state index contributed by atoms with van der Waals surface area (Å²) >= 11 is 18.8. The van der Waals surface area contributed by atoms with Gasteiger partial charge in [0.15, 0.2) is 0 Å². The van der Waals surface area contributed by atoms with Gasteiger partial charge in [-0.25, -0.2) is 0 Å². The summed E-state index contributed by atoms with van der Waals surface area (Å²) in [5, 5.41) is 0.463. The van der Waals surface area contributed by atoms with Crippen molar-refractivity contribution in [1.29, 1.82) is 0 Å². The lowest BCUT2D eigenvalue weighted by molar-refractivity contribution is 1.11. The van der Waals surface area contributed by atoms with Gasteiger partial charge in [-0.15, -0.1) is 11.6 Å². The van der Waals surface area contributed by atoms with E-state index in [-0.39, 0.29) is 5.38 Å². The van der Waals surface area contributed by atoms with Crippen LogP contribution < -0.4 is 0 Å². The van der Waals surface area contributed by atoms with Gasteiger partial charge in [0.25, 0.3) is 0 Å². The highest BCUT2D eigenvalue weighted by Gasteiger charge is 2.18. The Morgan fingerprint density at radius 1 is 1.05 bits per heavy atom. The third-order valence-corrected chi connectivity index (χ3v) is 5.31. The van der Waals surface area contributed by atoms with E-state index in [0.29, 0.717) is 5.02 Å². The second kappa shape index (κ2) is 6.33. The average Bonchev–Trinajstić information content (AvgIpc) is 2.36. The van der Waals surface area contributed by atoms with Crippen LogP contribution in [0.5, 0.6) is 0 Å². The summed E-state index contributed by atoms with van der Waals surface area (Å²) in [6, 6.07) is 10.2. The molecule has 0 N–H and O–H groups in total. The Bertz CT molecular complexity index is 626. The van der Waals surface area contributed by atoms with Gasteiger partial charge in [-0.05, 0) is 83.0 Å². The monoisotopic (exact) mass is 468 g/mol. The Morgan fingerprint density at radius 2 is 1.68 bits per heavy atom. The molecule has 0 radical (unpaired) electrons. The van der Waals surface area contributed by atoms with Crippen molar-refractivity contribution in [2.45, 2.75) is 19.2 Å². The second-order valence-corrected chi connectivity index (χ2v) is 7.43. The van der Waals surface area contributed by atoms with Crippen LogP contribution in [0.15, 0.2) is 34.8 Å². The van der Waals surface area contributed by atoms with Gasteiger partial charge in [-0.1, -0.05) is 33.6 Å². The summed E-state index contributed by atoms with van der Waals surface area (Å²) in [5.74, 6) is 0. The summed E-state index contributed by atoms with van der Waals surface area (Å²) in [7, 11) is 0. The van der Waals surface area contributed by atoms with Gasteiger partial charge in [-0.2, -0.15) is 0 Å². The number of hydrogen-bond acceptors (Lipinski definition) is 0. The zero-order valence-electron chi connectivity index (χ0n) is 10.5. The first kappa shape index (κ1) is 15.6. The van der Waals surface area contributed by atoms with Gasteiger partial charge < -0.3 is 0 Å². The Labute approximate surface area is 145 Å². The number of aryl methyl sites for hydroxylation is 2. The summed E-state index contributed by atoms with van der Waals surface area (Å²) in [6.07, 6.45) is 0. The molecule has 0 saturated carbocycles. The molecule has 0 spiro atoms. The lowest BCUT2D eigenvalue weighted by Gasteiger charge is -2.16. The minimum Gasteiger partial charge on any atom is -0.112 e. The zero-order chi connectivity index (χ0) is 14.2. The van der Waals surface area contributed by atoms with Crippen LogP contribution >= 0.6 is 61.7 Å². The highest BCUT2D eigenvalue weighted by Crippen LogP contribution is 2.38. The molecule has 0 bridgehead atoms. The second-order valence-electron chi connectivity index (χ2n) is 4.49. The van der Waals surface area contributed by atoms with Gasteiger partial charge in [0.2, 0.25) is 0 Å². The molecule has 4 heteroatoms. The van der Waals surface area contributed by atoms with Gasteiger partial charge >= 0.3 is 0 Å². The first-order valence-corrected chi connectivity index (χ1v) is 8.44. The van der Waals surface area contributed by atoms with Gasteiger partial charge in [0, 0.05) is 13.1 Å². The normalized spacial score (nSPS) is 12.5. The predicted molar refractivity (Wildman–Crippen MR) is 95.5 cm³/mol. The fourth-order valence-electron chi connectivity index (χ4n) is 1.87. The molecule has 0 fully saturated rings. The Morgan fingerprint density at radius 3 is 2.37 bits per heavy atom. The minimum absolute atomic E-state index is 0.254. The van der Waals surface area contributed by atoms with E-state index < -0.39 is 0 Å². The van der Waals surface area contributed by atoms with Crippen LogP contribution in [0, 0.1) is 17.4 Å². The van der Waals surface area contributed by atoms with Gasteiger partial charge in [0.05, 0.1) is 5.38 Å². The lowest BCUT2D eigenvalue weighted by Crippen LogP contribution is -1.98. The summed E-state index contributed by atoms with van der Waals surface area (Å²) < 4.78 is 2.16. The standard InChI is InChI=1S/C15H12BrCl2I/c1-8-5-12(14(17)6-9(8)2)15(18)11-7-10(19)3-4-13(11)16/h3-7,15H,1-2H3. The SMILES string of the molecule is Cc1cc(Cl)c(C(Cl)c2cc(I)ccc2Br)cc1C. The third-order valence-electron chi connectivity index (χ3n) is 3.12. The third kappa shape index (κ3) is 3.46. The molecular weight excluding hydrogens is 458 g/mol. The topological polar surface area (TPSA) is 0 Å². The fourth-order valence-corrected chi connectivity index (χ4v) is 3.74. The average molecular weight is 470 g/mol. The molecule has 0 aliphatic heterocycles. The van der Waals surface area contributed by atoms with E-state index >= 15 is 0 Å². The van der Waals surface area contributed by atoms with Crippen LogP contribution in [0.1, 0.15) is 27.6 Å². The molecule has 0 amide bonds. The van der Waals surface area contributed by atoms with E-state index in [1.165, 1.54) is 11.1 Å². The van der Waals surface area contributed by atoms with Crippen LogP contribution in [-0.2, 0) is 0 Å². The molecule has 1 unspecified atom stereocenters. The van der Waals surface area contributed by atoms with Crippen molar-refractivity contribution in [3.05, 3.63) is 65.7 Å². The molecular formula is C15H12BrCl2I. The summed E-state index contributed by atoms with van der Waals surface area (Å²) in [4.78, 5) is 0. The van der Waals surface area contributed by atoms with Gasteiger partial charge in [-0.3, -0.25) is 0 Å². The lowest BCUT2D eigenvalue weighted by atomic mass is 10.00. The molecule has 0 heterocycles. The number of benzene rings is 2. The summed E-state index contributed by atoms with van der Waals surface area (Å²) in [6.45, 7) is 4.12. The van der Waals surface area contributed by atoms with E-state index in [1.807, 2.05) is 18.2 Å². The largest absolute Gasteiger partial charge is 0.112 e. The van der Waals surface area contributed by atoms with Crippen LogP contribution in [0.4, 0.5) is 0 Å². The number of hydrogen-bond donors (Lipinski definition) is 0. The Kier molecular flexibility index (Phi) is 5.21. The molecule has 2 aromatic carbocycles. The molecule has 0 aliphatic carbocycles. The molecule has 0 aromatic heterocycles. The first-order valence-electron chi connectivity index (χ1n) is 5.76. The summed E-state index contributed by atoms with van der Waals surface area (Å²) in [5.41, 5.74) is 4.37. The van der Waals surface area contributed by atoms with Crippen molar-refractivity contribution in [3.63, 3.8) is 0 Å². The van der Waals surface area contributed by atoms with Gasteiger partial charge in [0.1, 0.15) is 0 Å². The highest BCUT2D eigenvalue weighted by molar-refractivity contribution is 14.1. The smallest absolute Gasteiger partial charge is 0.0861 e. The highest BCUT2D eigenvalue weighted by atomic mass is 127. The fraction of sp³-hybridized carbons (Fsp3) is 0.200. The van der Waals surface area contributed by atoms with Crippen molar-refractivity contribution in [2.24, 2.45) is 0 Å². The van der Waals surface area contributed by atoms with Crippen LogP contribution in [0.3, 0.4) is 0 Å². The van der Waals surface area contributed by atoms with E-state index in [0.717, 1.165) is 19.2 Å². The van der Waals surface area contributed by atoms with Crippen LogP contribution in [-0.4, -0.2) is 0 Å². The van der Waals surface area contributed by atoms with Crippen molar-refractivity contribution in [2.75, 3.05) is 0 Å². The van der Waals surface area contributed by atoms with Crippen LogP contribution in [0.25, 0.3) is 0 Å². The maximum absolute atomic E-state index is 6.62. The predicted octanol–water partition coefficient (Wildman–Crippen LogP) is 6.65.